The largest absolute Gasteiger partial charge is 0.496 e. The summed E-state index contributed by atoms with van der Waals surface area (Å²) < 4.78 is 10.7. The molecule has 2 rings (SSSR count). The van der Waals surface area contributed by atoms with Crippen molar-refractivity contribution in [1.29, 1.82) is 0 Å². The maximum Gasteiger partial charge on any atom is 0.123 e. The first kappa shape index (κ1) is 11.7. The van der Waals surface area contributed by atoms with Crippen LogP contribution in [0.15, 0.2) is 41.0 Å². The van der Waals surface area contributed by atoms with Gasteiger partial charge in [0, 0.05) is 18.0 Å². The highest BCUT2D eigenvalue weighted by Crippen LogP contribution is 2.27. The normalized spacial score (nSPS) is 12.4. The van der Waals surface area contributed by atoms with E-state index >= 15 is 0 Å². The van der Waals surface area contributed by atoms with Crippen molar-refractivity contribution in [2.75, 3.05) is 7.11 Å². The van der Waals surface area contributed by atoms with E-state index in [0.717, 1.165) is 22.6 Å². The van der Waals surface area contributed by atoms with Crippen LogP contribution in [-0.2, 0) is 6.42 Å². The van der Waals surface area contributed by atoms with E-state index in [1.807, 2.05) is 37.3 Å². The maximum absolute atomic E-state index is 6.17. The molecule has 0 amide bonds. The monoisotopic (exact) mass is 231 g/mol. The second kappa shape index (κ2) is 5.06. The Hall–Kier alpha value is -1.74. The molecule has 1 unspecified atom stereocenters. The Bertz CT molecular complexity index is 477. The quantitative estimate of drug-likeness (QED) is 0.880. The smallest absolute Gasteiger partial charge is 0.123 e. The minimum absolute atomic E-state index is 0.114. The molecule has 0 aliphatic carbocycles. The number of aryl methyl sites for hydroxylation is 1. The third kappa shape index (κ3) is 2.68. The van der Waals surface area contributed by atoms with Gasteiger partial charge in [-0.15, -0.1) is 0 Å². The SMILES string of the molecule is COc1cc(C)ccc1C(N)Cc1ccco1. The van der Waals surface area contributed by atoms with Gasteiger partial charge < -0.3 is 14.9 Å². The zero-order chi connectivity index (χ0) is 12.3. The Morgan fingerprint density at radius 3 is 2.82 bits per heavy atom. The van der Waals surface area contributed by atoms with Gasteiger partial charge in [0.1, 0.15) is 11.5 Å². The Kier molecular flexibility index (Phi) is 3.49. The predicted octanol–water partition coefficient (Wildman–Crippen LogP) is 2.84. The molecule has 0 fully saturated rings. The van der Waals surface area contributed by atoms with Gasteiger partial charge in [0.15, 0.2) is 0 Å². The number of furan rings is 1. The van der Waals surface area contributed by atoms with Crippen LogP contribution in [0.1, 0.15) is 22.9 Å². The van der Waals surface area contributed by atoms with Crippen LogP contribution in [0.4, 0.5) is 0 Å². The molecule has 0 aliphatic rings. The maximum atomic E-state index is 6.17. The van der Waals surface area contributed by atoms with Crippen LogP contribution in [0, 0.1) is 6.92 Å². The second-order valence-corrected chi connectivity index (χ2v) is 4.14. The predicted molar refractivity (Wildman–Crippen MR) is 67.1 cm³/mol. The molecule has 1 heterocycles. The highest BCUT2D eigenvalue weighted by atomic mass is 16.5. The molecule has 1 atom stereocenters. The lowest BCUT2D eigenvalue weighted by Gasteiger charge is -2.15. The third-order valence-corrected chi connectivity index (χ3v) is 2.79. The molecule has 0 bridgehead atoms. The number of hydrogen-bond donors (Lipinski definition) is 1. The fourth-order valence-electron chi connectivity index (χ4n) is 1.88. The molecule has 0 saturated heterocycles. The van der Waals surface area contributed by atoms with E-state index in [0.29, 0.717) is 6.42 Å². The van der Waals surface area contributed by atoms with Gasteiger partial charge >= 0.3 is 0 Å². The van der Waals surface area contributed by atoms with Crippen molar-refractivity contribution >= 4 is 0 Å². The van der Waals surface area contributed by atoms with E-state index in [-0.39, 0.29) is 6.04 Å². The van der Waals surface area contributed by atoms with E-state index in [4.69, 9.17) is 14.9 Å². The molecule has 3 heteroatoms. The highest BCUT2D eigenvalue weighted by Gasteiger charge is 2.13. The number of hydrogen-bond acceptors (Lipinski definition) is 3. The first-order chi connectivity index (χ1) is 8.20. The zero-order valence-electron chi connectivity index (χ0n) is 10.1. The number of rotatable bonds is 4. The van der Waals surface area contributed by atoms with Gasteiger partial charge in [0.05, 0.1) is 13.4 Å². The Morgan fingerprint density at radius 1 is 1.35 bits per heavy atom. The van der Waals surface area contributed by atoms with Crippen molar-refractivity contribution in [2.45, 2.75) is 19.4 Å². The van der Waals surface area contributed by atoms with Crippen molar-refractivity contribution in [3.8, 4) is 5.75 Å². The number of ether oxygens (including phenoxy) is 1. The Morgan fingerprint density at radius 2 is 2.18 bits per heavy atom. The first-order valence-electron chi connectivity index (χ1n) is 5.63. The molecule has 3 nitrogen and oxygen atoms in total. The zero-order valence-corrected chi connectivity index (χ0v) is 10.1. The molecule has 0 aliphatic heterocycles. The molecule has 2 N–H and O–H groups in total. The van der Waals surface area contributed by atoms with Crippen molar-refractivity contribution in [3.63, 3.8) is 0 Å². The standard InChI is InChI=1S/C14H17NO2/c1-10-5-6-12(14(8-10)16-2)13(15)9-11-4-3-7-17-11/h3-8,13H,9,15H2,1-2H3. The first-order valence-corrected chi connectivity index (χ1v) is 5.63. The summed E-state index contributed by atoms with van der Waals surface area (Å²) in [4.78, 5) is 0. The second-order valence-electron chi connectivity index (χ2n) is 4.14. The van der Waals surface area contributed by atoms with Crippen molar-refractivity contribution < 1.29 is 9.15 Å². The molecule has 0 radical (unpaired) electrons. The van der Waals surface area contributed by atoms with Crippen molar-refractivity contribution in [2.24, 2.45) is 5.73 Å². The molecule has 90 valence electrons. The Labute approximate surface area is 101 Å². The average Bonchev–Trinajstić information content (AvgIpc) is 2.81. The lowest BCUT2D eigenvalue weighted by atomic mass is 10.0. The summed E-state index contributed by atoms with van der Waals surface area (Å²) in [5, 5.41) is 0. The topological polar surface area (TPSA) is 48.4 Å². The van der Waals surface area contributed by atoms with Crippen LogP contribution in [0.2, 0.25) is 0 Å². The summed E-state index contributed by atoms with van der Waals surface area (Å²) >= 11 is 0. The van der Waals surface area contributed by atoms with Crippen LogP contribution >= 0.6 is 0 Å². The molecule has 0 saturated carbocycles. The van der Waals surface area contributed by atoms with Gasteiger partial charge in [0.2, 0.25) is 0 Å². The summed E-state index contributed by atoms with van der Waals surface area (Å²) in [6, 6.07) is 9.74. The van der Waals surface area contributed by atoms with Crippen molar-refractivity contribution in [3.05, 3.63) is 53.5 Å². The molecule has 1 aromatic carbocycles. The molecule has 0 spiro atoms. The summed E-state index contributed by atoms with van der Waals surface area (Å²) in [7, 11) is 1.66. The van der Waals surface area contributed by atoms with Crippen LogP contribution in [0.5, 0.6) is 5.75 Å². The van der Waals surface area contributed by atoms with E-state index in [9.17, 15) is 0 Å². The molecule has 2 aromatic rings. The lowest BCUT2D eigenvalue weighted by molar-refractivity contribution is 0.402. The fourth-order valence-corrected chi connectivity index (χ4v) is 1.88. The number of nitrogens with two attached hydrogens (primary N) is 1. The molecule has 1 aromatic heterocycles. The third-order valence-electron chi connectivity index (χ3n) is 2.79. The molecule has 17 heavy (non-hydrogen) atoms. The fraction of sp³-hybridized carbons (Fsp3) is 0.286. The van der Waals surface area contributed by atoms with E-state index in [1.165, 1.54) is 0 Å². The average molecular weight is 231 g/mol. The van der Waals surface area contributed by atoms with Gasteiger partial charge in [0.25, 0.3) is 0 Å². The van der Waals surface area contributed by atoms with E-state index in [1.54, 1.807) is 13.4 Å². The lowest BCUT2D eigenvalue weighted by Crippen LogP contribution is -2.14. The van der Waals surface area contributed by atoms with Gasteiger partial charge in [-0.25, -0.2) is 0 Å². The van der Waals surface area contributed by atoms with Crippen LogP contribution in [-0.4, -0.2) is 7.11 Å². The van der Waals surface area contributed by atoms with Crippen LogP contribution in [0.3, 0.4) is 0 Å². The van der Waals surface area contributed by atoms with Gasteiger partial charge in [-0.05, 0) is 30.7 Å². The van der Waals surface area contributed by atoms with E-state index < -0.39 is 0 Å². The highest BCUT2D eigenvalue weighted by molar-refractivity contribution is 5.39. The minimum atomic E-state index is -0.114. The van der Waals surface area contributed by atoms with Crippen LogP contribution in [0.25, 0.3) is 0 Å². The van der Waals surface area contributed by atoms with Crippen LogP contribution < -0.4 is 10.5 Å². The van der Waals surface area contributed by atoms with Gasteiger partial charge in [-0.1, -0.05) is 12.1 Å². The number of methoxy groups -OCH3 is 1. The van der Waals surface area contributed by atoms with E-state index in [2.05, 4.69) is 0 Å². The summed E-state index contributed by atoms with van der Waals surface area (Å²) in [5.41, 5.74) is 8.34. The molecular weight excluding hydrogens is 214 g/mol. The van der Waals surface area contributed by atoms with Gasteiger partial charge in [-0.2, -0.15) is 0 Å². The molecular formula is C14H17NO2. The number of benzene rings is 1. The summed E-state index contributed by atoms with van der Waals surface area (Å²) in [6.07, 6.45) is 2.33. The summed E-state index contributed by atoms with van der Waals surface area (Å²) in [5.74, 6) is 1.73. The summed E-state index contributed by atoms with van der Waals surface area (Å²) in [6.45, 7) is 2.03. The Balaban J connectivity index is 2.21. The minimum Gasteiger partial charge on any atom is -0.496 e. The van der Waals surface area contributed by atoms with Crippen molar-refractivity contribution in [1.82, 2.24) is 0 Å². The van der Waals surface area contributed by atoms with Gasteiger partial charge in [-0.3, -0.25) is 0 Å².